The molecule has 8 nitrogen and oxygen atoms in total. The average molecular weight is 460 g/mol. The summed E-state index contributed by atoms with van der Waals surface area (Å²) in [5.74, 6) is 1.43. The minimum absolute atomic E-state index is 0.0929. The summed E-state index contributed by atoms with van der Waals surface area (Å²) in [7, 11) is 0. The van der Waals surface area contributed by atoms with Gasteiger partial charge in [0.25, 0.3) is 5.91 Å². The number of anilines is 2. The first-order chi connectivity index (χ1) is 16.2. The minimum Gasteiger partial charge on any atom is -0.365 e. The normalized spacial score (nSPS) is 13.9. The van der Waals surface area contributed by atoms with E-state index in [2.05, 4.69) is 33.9 Å². The molecule has 1 fully saturated rings. The summed E-state index contributed by atoms with van der Waals surface area (Å²) in [6.07, 6.45) is 3.61. The maximum atomic E-state index is 12.7. The highest BCUT2D eigenvalue weighted by Gasteiger charge is 2.25. The number of nitrogens with one attached hydrogen (secondary N) is 1. The van der Waals surface area contributed by atoms with Crippen molar-refractivity contribution >= 4 is 40.2 Å². The van der Waals surface area contributed by atoms with Crippen LogP contribution in [0.2, 0.25) is 0 Å². The molecule has 0 unspecified atom stereocenters. The van der Waals surface area contributed by atoms with Gasteiger partial charge in [0.05, 0.1) is 17.7 Å². The Morgan fingerprint density at radius 2 is 1.91 bits per heavy atom. The Balaban J connectivity index is 1.41. The molecule has 0 spiro atoms. The van der Waals surface area contributed by atoms with Crippen molar-refractivity contribution in [1.82, 2.24) is 24.4 Å². The van der Waals surface area contributed by atoms with Crippen LogP contribution in [0.15, 0.2) is 66.8 Å². The smallest absolute Gasteiger partial charge is 0.264 e. The summed E-state index contributed by atoms with van der Waals surface area (Å²) in [4.78, 5) is 31.8. The molecule has 0 bridgehead atoms. The van der Waals surface area contributed by atoms with Gasteiger partial charge in [0, 0.05) is 32.7 Å². The second kappa shape index (κ2) is 9.41. The van der Waals surface area contributed by atoms with Gasteiger partial charge in [0.1, 0.15) is 0 Å². The Hall–Kier alpha value is -3.72. The predicted octanol–water partition coefficient (Wildman–Crippen LogP) is 3.50. The van der Waals surface area contributed by atoms with Crippen LogP contribution in [0, 0.1) is 0 Å². The second-order valence-electron chi connectivity index (χ2n) is 7.83. The van der Waals surface area contributed by atoms with E-state index in [0.29, 0.717) is 51.0 Å². The number of rotatable bonds is 7. The molecule has 1 saturated heterocycles. The standard InChI is InChI=1S/C24H25N7OS/c1-2-10-25-21-20-22(31(17-26-20)16-18-7-4-3-5-8-18)28-24(27-21)30-13-11-29(12-14-30)23(32)19-9-6-15-33-19/h2-9,15,17H,1,10-14,16H2,(H,25,27,28). The van der Waals surface area contributed by atoms with Crippen molar-refractivity contribution in [1.29, 1.82) is 0 Å². The number of benzene rings is 1. The molecule has 4 heterocycles. The van der Waals surface area contributed by atoms with Gasteiger partial charge < -0.3 is 19.7 Å². The maximum Gasteiger partial charge on any atom is 0.264 e. The summed E-state index contributed by atoms with van der Waals surface area (Å²) in [5.41, 5.74) is 2.70. The number of amides is 1. The van der Waals surface area contributed by atoms with Crippen molar-refractivity contribution in [3.05, 3.63) is 77.3 Å². The van der Waals surface area contributed by atoms with Crippen molar-refractivity contribution in [3.63, 3.8) is 0 Å². The third kappa shape index (κ3) is 4.45. The fourth-order valence-electron chi connectivity index (χ4n) is 3.93. The van der Waals surface area contributed by atoms with Crippen molar-refractivity contribution < 1.29 is 4.79 Å². The third-order valence-electron chi connectivity index (χ3n) is 5.64. The molecule has 1 N–H and O–H groups in total. The summed E-state index contributed by atoms with van der Waals surface area (Å²) in [6.45, 7) is 7.68. The predicted molar refractivity (Wildman–Crippen MR) is 132 cm³/mol. The summed E-state index contributed by atoms with van der Waals surface area (Å²) in [5, 5.41) is 5.24. The molecule has 0 radical (unpaired) electrons. The van der Waals surface area contributed by atoms with E-state index >= 15 is 0 Å². The molecule has 33 heavy (non-hydrogen) atoms. The van der Waals surface area contributed by atoms with Gasteiger partial charge in [-0.05, 0) is 17.0 Å². The molecule has 9 heteroatoms. The van der Waals surface area contributed by atoms with Crippen LogP contribution in [0.5, 0.6) is 0 Å². The molecule has 3 aromatic heterocycles. The van der Waals surface area contributed by atoms with Crippen molar-refractivity contribution in [2.24, 2.45) is 0 Å². The highest BCUT2D eigenvalue weighted by Crippen LogP contribution is 2.24. The highest BCUT2D eigenvalue weighted by atomic mass is 32.1. The second-order valence-corrected chi connectivity index (χ2v) is 8.78. The largest absolute Gasteiger partial charge is 0.365 e. The van der Waals surface area contributed by atoms with Gasteiger partial charge in [0.2, 0.25) is 5.95 Å². The Labute approximate surface area is 196 Å². The molecule has 1 aromatic carbocycles. The number of hydrogen-bond acceptors (Lipinski definition) is 7. The van der Waals surface area contributed by atoms with Gasteiger partial charge in [-0.1, -0.05) is 42.5 Å². The lowest BCUT2D eigenvalue weighted by atomic mass is 10.2. The van der Waals surface area contributed by atoms with Crippen LogP contribution in [0.1, 0.15) is 15.2 Å². The lowest BCUT2D eigenvalue weighted by molar-refractivity contribution is 0.0751. The van der Waals surface area contributed by atoms with E-state index in [-0.39, 0.29) is 5.91 Å². The maximum absolute atomic E-state index is 12.7. The summed E-state index contributed by atoms with van der Waals surface area (Å²) in [6, 6.07) is 14.0. The van der Waals surface area contributed by atoms with Crippen LogP contribution in [0.4, 0.5) is 11.8 Å². The Morgan fingerprint density at radius 3 is 2.64 bits per heavy atom. The molecule has 5 rings (SSSR count). The van der Waals surface area contributed by atoms with Crippen LogP contribution >= 0.6 is 11.3 Å². The quantitative estimate of drug-likeness (QED) is 0.426. The SMILES string of the molecule is C=CCNc1nc(N2CCN(C(=O)c3cccs3)CC2)nc2c1ncn2Cc1ccccc1. The average Bonchev–Trinajstić information content (AvgIpc) is 3.54. The van der Waals surface area contributed by atoms with Crippen LogP contribution in [-0.2, 0) is 6.54 Å². The number of carbonyl (C=O) groups is 1. The number of piperazine rings is 1. The fraction of sp³-hybridized carbons (Fsp3) is 0.250. The van der Waals surface area contributed by atoms with Crippen LogP contribution in [0.3, 0.4) is 0 Å². The van der Waals surface area contributed by atoms with Gasteiger partial charge in [-0.25, -0.2) is 4.98 Å². The van der Waals surface area contributed by atoms with Crippen molar-refractivity contribution in [2.75, 3.05) is 42.9 Å². The van der Waals surface area contributed by atoms with Gasteiger partial charge >= 0.3 is 0 Å². The van der Waals surface area contributed by atoms with Gasteiger partial charge in [-0.2, -0.15) is 9.97 Å². The lowest BCUT2D eigenvalue weighted by Crippen LogP contribution is -2.49. The number of imidazole rings is 1. The molecular weight excluding hydrogens is 434 g/mol. The first kappa shape index (κ1) is 21.1. The minimum atomic E-state index is 0.0929. The zero-order valence-corrected chi connectivity index (χ0v) is 19.0. The Bertz CT molecular complexity index is 1240. The topological polar surface area (TPSA) is 79.2 Å². The zero-order valence-electron chi connectivity index (χ0n) is 18.2. The molecule has 1 aliphatic heterocycles. The molecule has 4 aromatic rings. The van der Waals surface area contributed by atoms with E-state index in [1.54, 1.807) is 6.08 Å². The van der Waals surface area contributed by atoms with E-state index in [1.807, 2.05) is 51.5 Å². The molecule has 0 aliphatic carbocycles. The zero-order chi connectivity index (χ0) is 22.6. The molecule has 0 atom stereocenters. The van der Waals surface area contributed by atoms with Gasteiger partial charge in [0.15, 0.2) is 17.0 Å². The molecule has 1 aliphatic rings. The Kier molecular flexibility index (Phi) is 6.03. The van der Waals surface area contributed by atoms with Crippen molar-refractivity contribution in [2.45, 2.75) is 6.54 Å². The van der Waals surface area contributed by atoms with E-state index in [1.165, 1.54) is 16.9 Å². The van der Waals surface area contributed by atoms with E-state index in [4.69, 9.17) is 9.97 Å². The highest BCUT2D eigenvalue weighted by molar-refractivity contribution is 7.12. The lowest BCUT2D eigenvalue weighted by Gasteiger charge is -2.34. The summed E-state index contributed by atoms with van der Waals surface area (Å²) >= 11 is 1.48. The van der Waals surface area contributed by atoms with Crippen LogP contribution in [0.25, 0.3) is 11.2 Å². The molecular formula is C24H25N7OS. The molecule has 168 valence electrons. The number of fused-ring (bicyclic) bond motifs is 1. The third-order valence-corrected chi connectivity index (χ3v) is 6.50. The van der Waals surface area contributed by atoms with Crippen molar-refractivity contribution in [3.8, 4) is 0 Å². The first-order valence-electron chi connectivity index (χ1n) is 10.9. The number of hydrogen-bond donors (Lipinski definition) is 1. The number of carbonyl (C=O) groups excluding carboxylic acids is 1. The molecule has 0 saturated carbocycles. The summed E-state index contributed by atoms with van der Waals surface area (Å²) < 4.78 is 2.05. The number of aromatic nitrogens is 4. The Morgan fingerprint density at radius 1 is 1.09 bits per heavy atom. The van der Waals surface area contributed by atoms with Crippen LogP contribution < -0.4 is 10.2 Å². The van der Waals surface area contributed by atoms with Crippen LogP contribution in [-0.4, -0.2) is 63.0 Å². The van der Waals surface area contributed by atoms with Gasteiger partial charge in [-0.3, -0.25) is 4.79 Å². The number of nitrogens with zero attached hydrogens (tertiary/aromatic N) is 6. The van der Waals surface area contributed by atoms with E-state index in [9.17, 15) is 4.79 Å². The van der Waals surface area contributed by atoms with E-state index < -0.39 is 0 Å². The fourth-order valence-corrected chi connectivity index (χ4v) is 4.62. The first-order valence-corrected chi connectivity index (χ1v) is 11.8. The monoisotopic (exact) mass is 459 g/mol. The van der Waals surface area contributed by atoms with Gasteiger partial charge in [-0.15, -0.1) is 17.9 Å². The number of thiophene rings is 1. The molecule has 1 amide bonds. The van der Waals surface area contributed by atoms with E-state index in [0.717, 1.165) is 16.0 Å².